The number of carbonyl (C=O) groups excluding carboxylic acids is 1. The van der Waals surface area contributed by atoms with Crippen molar-refractivity contribution in [3.63, 3.8) is 0 Å². The van der Waals surface area contributed by atoms with Crippen LogP contribution in [0.2, 0.25) is 0 Å². The van der Waals surface area contributed by atoms with E-state index in [2.05, 4.69) is 27.0 Å². The lowest BCUT2D eigenvalue weighted by atomic mass is 9.96. The number of rotatable bonds is 3. The molecule has 3 heterocycles. The van der Waals surface area contributed by atoms with Crippen molar-refractivity contribution in [2.24, 2.45) is 0 Å². The number of carbonyl (C=O) groups is 1. The number of piperidine rings is 1. The molecule has 1 aromatic carbocycles. The van der Waals surface area contributed by atoms with Gasteiger partial charge in [0.25, 0.3) is 5.91 Å². The second-order valence-electron chi connectivity index (χ2n) is 6.83. The zero-order valence-corrected chi connectivity index (χ0v) is 14.0. The highest BCUT2D eigenvalue weighted by Crippen LogP contribution is 2.27. The van der Waals surface area contributed by atoms with Gasteiger partial charge < -0.3 is 4.90 Å². The Balaban J connectivity index is 1.47. The van der Waals surface area contributed by atoms with E-state index in [-0.39, 0.29) is 5.91 Å². The van der Waals surface area contributed by atoms with Crippen molar-refractivity contribution in [3.05, 3.63) is 36.2 Å². The Bertz CT molecular complexity index is 708. The van der Waals surface area contributed by atoms with Gasteiger partial charge in [-0.15, -0.1) is 0 Å². The van der Waals surface area contributed by atoms with Crippen LogP contribution in [-0.4, -0.2) is 62.6 Å². The molecule has 0 saturated carbocycles. The second kappa shape index (κ2) is 6.36. The summed E-state index contributed by atoms with van der Waals surface area (Å²) in [5, 5.41) is 6.74. The minimum absolute atomic E-state index is 0.0860. The van der Waals surface area contributed by atoms with Crippen LogP contribution < -0.4 is 0 Å². The number of amides is 1. The van der Waals surface area contributed by atoms with Crippen molar-refractivity contribution in [1.29, 1.82) is 0 Å². The number of hydrogen-bond acceptors (Lipinski definition) is 4. The molecule has 2 aliphatic heterocycles. The van der Waals surface area contributed by atoms with E-state index in [0.29, 0.717) is 23.5 Å². The van der Waals surface area contributed by atoms with Crippen molar-refractivity contribution in [2.75, 3.05) is 19.6 Å². The second-order valence-corrected chi connectivity index (χ2v) is 6.83. The average Bonchev–Trinajstić information content (AvgIpc) is 3.09. The van der Waals surface area contributed by atoms with Crippen LogP contribution in [0.4, 0.5) is 0 Å². The van der Waals surface area contributed by atoms with Gasteiger partial charge in [0.15, 0.2) is 5.82 Å². The number of nitrogens with zero attached hydrogens (tertiary/aromatic N) is 4. The predicted octanol–water partition coefficient (Wildman–Crippen LogP) is 2.17. The first-order valence-corrected chi connectivity index (χ1v) is 8.74. The van der Waals surface area contributed by atoms with Gasteiger partial charge in [0.2, 0.25) is 0 Å². The molecule has 24 heavy (non-hydrogen) atoms. The van der Waals surface area contributed by atoms with Crippen LogP contribution >= 0.6 is 0 Å². The molecular weight excluding hydrogens is 302 g/mol. The number of aromatic amines is 1. The highest BCUT2D eigenvalue weighted by molar-refractivity contribution is 6.00. The largest absolute Gasteiger partial charge is 0.335 e. The maximum absolute atomic E-state index is 12.9. The molecule has 2 aliphatic rings. The highest BCUT2D eigenvalue weighted by atomic mass is 16.2. The summed E-state index contributed by atoms with van der Waals surface area (Å²) in [7, 11) is 0. The van der Waals surface area contributed by atoms with E-state index in [0.717, 1.165) is 18.7 Å². The average molecular weight is 325 g/mol. The van der Waals surface area contributed by atoms with Gasteiger partial charge in [-0.2, -0.15) is 5.10 Å². The molecule has 2 aromatic rings. The van der Waals surface area contributed by atoms with E-state index in [4.69, 9.17) is 0 Å². The number of aromatic nitrogens is 3. The van der Waals surface area contributed by atoms with Crippen molar-refractivity contribution in [1.82, 2.24) is 25.0 Å². The molecule has 1 N–H and O–H groups in total. The smallest absolute Gasteiger partial charge is 0.254 e. The normalized spacial score (nSPS) is 22.4. The fraction of sp³-hybridized carbons (Fsp3) is 0.500. The topological polar surface area (TPSA) is 65.1 Å². The molecule has 1 amide bonds. The fourth-order valence-electron chi connectivity index (χ4n) is 3.88. The molecule has 0 radical (unpaired) electrons. The monoisotopic (exact) mass is 325 g/mol. The first-order valence-electron chi connectivity index (χ1n) is 8.74. The number of benzene rings is 1. The predicted molar refractivity (Wildman–Crippen MR) is 91.5 cm³/mol. The lowest BCUT2D eigenvalue weighted by Gasteiger charge is -2.49. The quantitative estimate of drug-likeness (QED) is 0.939. The van der Waals surface area contributed by atoms with Gasteiger partial charge >= 0.3 is 0 Å². The summed E-state index contributed by atoms with van der Waals surface area (Å²) in [5.41, 5.74) is 1.51. The Labute approximate surface area is 141 Å². The van der Waals surface area contributed by atoms with Gasteiger partial charge in [-0.25, -0.2) is 4.98 Å². The van der Waals surface area contributed by atoms with E-state index in [9.17, 15) is 4.79 Å². The minimum atomic E-state index is 0.0860. The van der Waals surface area contributed by atoms with Crippen LogP contribution in [-0.2, 0) is 0 Å². The maximum atomic E-state index is 12.9. The summed E-state index contributed by atoms with van der Waals surface area (Å²) < 4.78 is 0. The molecule has 6 nitrogen and oxygen atoms in total. The lowest BCUT2D eigenvalue weighted by molar-refractivity contribution is 0.00217. The highest BCUT2D eigenvalue weighted by Gasteiger charge is 2.38. The summed E-state index contributed by atoms with van der Waals surface area (Å²) in [6.07, 6.45) is 5.35. The molecule has 2 fully saturated rings. The number of nitrogens with one attached hydrogen (secondary N) is 1. The third-order valence-corrected chi connectivity index (χ3v) is 5.30. The first kappa shape index (κ1) is 15.3. The summed E-state index contributed by atoms with van der Waals surface area (Å²) in [6, 6.07) is 8.76. The molecule has 0 bridgehead atoms. The van der Waals surface area contributed by atoms with E-state index < -0.39 is 0 Å². The van der Waals surface area contributed by atoms with Crippen molar-refractivity contribution in [2.45, 2.75) is 38.3 Å². The number of H-pyrrole nitrogens is 1. The zero-order chi connectivity index (χ0) is 16.5. The standard InChI is InChI=1S/C18H23N5O/c1-13-6-4-5-9-23(13)14-10-22(11-14)18(24)16-8-3-2-7-15(16)17-19-12-20-21-17/h2-3,7-8,12-14H,4-6,9-11H2,1H3,(H,19,20,21)/t13-/m0/s1. The van der Waals surface area contributed by atoms with Crippen LogP contribution in [0.25, 0.3) is 11.4 Å². The molecule has 1 atom stereocenters. The molecule has 6 heteroatoms. The molecule has 2 saturated heterocycles. The molecular formula is C18H23N5O. The molecule has 126 valence electrons. The minimum Gasteiger partial charge on any atom is -0.335 e. The van der Waals surface area contributed by atoms with Crippen LogP contribution in [0, 0.1) is 0 Å². The van der Waals surface area contributed by atoms with Gasteiger partial charge in [-0.1, -0.05) is 24.6 Å². The Hall–Kier alpha value is -2.21. The van der Waals surface area contributed by atoms with Crippen molar-refractivity contribution < 1.29 is 4.79 Å². The van der Waals surface area contributed by atoms with Gasteiger partial charge in [-0.05, 0) is 32.4 Å². The summed E-state index contributed by atoms with van der Waals surface area (Å²) in [5.74, 6) is 0.726. The Morgan fingerprint density at radius 2 is 2.08 bits per heavy atom. The molecule has 0 spiro atoms. The van der Waals surface area contributed by atoms with Gasteiger partial charge in [0.1, 0.15) is 6.33 Å². The molecule has 4 rings (SSSR count). The van der Waals surface area contributed by atoms with Crippen molar-refractivity contribution in [3.8, 4) is 11.4 Å². The van der Waals surface area contributed by atoms with Crippen molar-refractivity contribution >= 4 is 5.91 Å². The first-order chi connectivity index (χ1) is 11.7. The Morgan fingerprint density at radius 1 is 1.25 bits per heavy atom. The van der Waals surface area contributed by atoms with Gasteiger partial charge in [-0.3, -0.25) is 14.8 Å². The summed E-state index contributed by atoms with van der Waals surface area (Å²) in [4.78, 5) is 21.6. The molecule has 0 unspecified atom stereocenters. The van der Waals surface area contributed by atoms with E-state index in [1.165, 1.54) is 32.1 Å². The van der Waals surface area contributed by atoms with Crippen LogP contribution in [0.15, 0.2) is 30.6 Å². The third-order valence-electron chi connectivity index (χ3n) is 5.30. The molecule has 1 aromatic heterocycles. The molecule has 0 aliphatic carbocycles. The third kappa shape index (κ3) is 2.71. The summed E-state index contributed by atoms with van der Waals surface area (Å²) >= 11 is 0. The summed E-state index contributed by atoms with van der Waals surface area (Å²) in [6.45, 7) is 5.13. The SMILES string of the molecule is C[C@H]1CCCCN1C1CN(C(=O)c2ccccc2-c2ncn[nH]2)C1. The van der Waals surface area contributed by atoms with E-state index in [1.54, 1.807) is 0 Å². The lowest BCUT2D eigenvalue weighted by Crippen LogP contribution is -2.63. The maximum Gasteiger partial charge on any atom is 0.254 e. The van der Waals surface area contributed by atoms with Gasteiger partial charge in [0, 0.05) is 30.7 Å². The van der Waals surface area contributed by atoms with Crippen LogP contribution in [0.1, 0.15) is 36.5 Å². The van der Waals surface area contributed by atoms with E-state index >= 15 is 0 Å². The Kier molecular flexibility index (Phi) is 4.06. The number of hydrogen-bond donors (Lipinski definition) is 1. The van der Waals surface area contributed by atoms with Crippen LogP contribution in [0.5, 0.6) is 0 Å². The van der Waals surface area contributed by atoms with Gasteiger partial charge in [0.05, 0.1) is 5.56 Å². The number of likely N-dealkylation sites (tertiary alicyclic amines) is 2. The van der Waals surface area contributed by atoms with Crippen LogP contribution in [0.3, 0.4) is 0 Å². The fourth-order valence-corrected chi connectivity index (χ4v) is 3.88. The Morgan fingerprint density at radius 3 is 2.83 bits per heavy atom. The zero-order valence-electron chi connectivity index (χ0n) is 14.0. The van der Waals surface area contributed by atoms with E-state index in [1.807, 2.05) is 29.2 Å².